The van der Waals surface area contributed by atoms with Crippen molar-refractivity contribution < 1.29 is 4.79 Å². The summed E-state index contributed by atoms with van der Waals surface area (Å²) < 4.78 is 0. The van der Waals surface area contributed by atoms with E-state index in [0.29, 0.717) is 25.3 Å². The summed E-state index contributed by atoms with van der Waals surface area (Å²) in [6.07, 6.45) is 4.34. The summed E-state index contributed by atoms with van der Waals surface area (Å²) in [6, 6.07) is 15.9. The number of amides is 1. The topological polar surface area (TPSA) is 92.9 Å². The van der Waals surface area contributed by atoms with Gasteiger partial charge >= 0.3 is 0 Å². The lowest BCUT2D eigenvalue weighted by Crippen LogP contribution is -2.36. The maximum atomic E-state index is 11.4. The van der Waals surface area contributed by atoms with Crippen LogP contribution < -0.4 is 5.32 Å². The lowest BCUT2D eigenvalue weighted by atomic mass is 9.83. The van der Waals surface area contributed by atoms with Gasteiger partial charge in [0.15, 0.2) is 0 Å². The Kier molecular flexibility index (Phi) is 9.05. The van der Waals surface area contributed by atoms with Gasteiger partial charge in [-0.05, 0) is 90.2 Å². The SMILES string of the molecule is [B]C[C@H](C)N(Cc1ncc(-c2ccc3c(c2)CCc2cc4c(ccc5[nH]c(CN(C)CC(C)C)nc54)cc2-3)[nH]1)C(=C)CNC(C)=O. The lowest BCUT2D eigenvalue weighted by Gasteiger charge is -2.32. The number of rotatable bonds is 12. The molecule has 9 heteroatoms. The monoisotopic (exact) mass is 613 g/mol. The number of imidazole rings is 2. The largest absolute Gasteiger partial charge is 0.364 e. The van der Waals surface area contributed by atoms with Crippen LogP contribution in [0.15, 0.2) is 60.9 Å². The van der Waals surface area contributed by atoms with Gasteiger partial charge in [-0.25, -0.2) is 9.97 Å². The minimum absolute atomic E-state index is 0.0531. The van der Waals surface area contributed by atoms with Gasteiger partial charge in [-0.3, -0.25) is 9.69 Å². The average molecular weight is 614 g/mol. The third-order valence-electron chi connectivity index (χ3n) is 8.98. The van der Waals surface area contributed by atoms with Crippen LogP contribution in [0, 0.1) is 5.92 Å². The minimum atomic E-state index is -0.0883. The second-order valence-electron chi connectivity index (χ2n) is 13.3. The number of H-pyrrole nitrogens is 2. The van der Waals surface area contributed by atoms with Crippen molar-refractivity contribution in [2.45, 2.75) is 66.0 Å². The zero-order valence-electron chi connectivity index (χ0n) is 27.7. The molecule has 0 bridgehead atoms. The van der Waals surface area contributed by atoms with Crippen molar-refractivity contribution in [1.29, 1.82) is 0 Å². The third-order valence-corrected chi connectivity index (χ3v) is 8.98. The molecule has 1 aliphatic rings. The smallest absolute Gasteiger partial charge is 0.217 e. The first-order valence-corrected chi connectivity index (χ1v) is 16.3. The normalized spacial score (nSPS) is 13.3. The van der Waals surface area contributed by atoms with E-state index in [1.165, 1.54) is 39.9 Å². The molecule has 6 rings (SSSR count). The van der Waals surface area contributed by atoms with E-state index >= 15 is 0 Å². The van der Waals surface area contributed by atoms with Crippen LogP contribution in [0.2, 0.25) is 6.32 Å². The van der Waals surface area contributed by atoms with Gasteiger partial charge in [-0.15, -0.1) is 0 Å². The number of fused-ring (bicyclic) bond motifs is 6. The molecule has 0 unspecified atom stereocenters. The standard InChI is InChI=1S/C37H44BN7O/c1-22(2)19-44(6)20-36-41-33-12-10-28-14-31-27(15-32(28)37(33)43-36)8-7-26-13-29(9-11-30(26)31)34-18-40-35(42-34)21-45(23(3)16-38)24(4)17-39-25(5)46/h9-15,18,22-23H,4,7-8,16-17,19-21H2,1-3,5-6H3,(H,39,46)(H,40,42)(H,41,43)/t23-/m0/s1. The first-order valence-electron chi connectivity index (χ1n) is 16.3. The highest BCUT2D eigenvalue weighted by Gasteiger charge is 2.21. The Hall–Kier alpha value is -4.37. The first kappa shape index (κ1) is 31.6. The van der Waals surface area contributed by atoms with Crippen LogP contribution in [0.1, 0.15) is 50.5 Å². The van der Waals surface area contributed by atoms with Crippen molar-refractivity contribution in [1.82, 2.24) is 35.1 Å². The van der Waals surface area contributed by atoms with E-state index < -0.39 is 0 Å². The van der Waals surface area contributed by atoms with Crippen molar-refractivity contribution in [2.24, 2.45) is 5.92 Å². The van der Waals surface area contributed by atoms with Crippen molar-refractivity contribution in [3.05, 3.63) is 83.7 Å². The van der Waals surface area contributed by atoms with Gasteiger partial charge in [0.25, 0.3) is 0 Å². The van der Waals surface area contributed by atoms with Crippen LogP contribution in [-0.4, -0.2) is 69.7 Å². The molecular weight excluding hydrogens is 569 g/mol. The fourth-order valence-corrected chi connectivity index (χ4v) is 6.70. The molecule has 46 heavy (non-hydrogen) atoms. The average Bonchev–Trinajstić information content (AvgIpc) is 3.67. The van der Waals surface area contributed by atoms with Crippen molar-refractivity contribution in [3.63, 3.8) is 0 Å². The number of aryl methyl sites for hydroxylation is 2. The first-order chi connectivity index (χ1) is 22.1. The number of nitrogens with one attached hydrogen (secondary N) is 3. The number of hydrogen-bond acceptors (Lipinski definition) is 5. The van der Waals surface area contributed by atoms with E-state index in [-0.39, 0.29) is 11.9 Å². The molecule has 0 spiro atoms. The third kappa shape index (κ3) is 6.61. The molecule has 236 valence electrons. The van der Waals surface area contributed by atoms with E-state index in [9.17, 15) is 4.79 Å². The molecular formula is C37H44BN7O. The zero-order valence-corrected chi connectivity index (χ0v) is 27.7. The highest BCUT2D eigenvalue weighted by Crippen LogP contribution is 2.39. The molecule has 0 saturated heterocycles. The predicted molar refractivity (Wildman–Crippen MR) is 189 cm³/mol. The highest BCUT2D eigenvalue weighted by atomic mass is 16.1. The van der Waals surface area contributed by atoms with Crippen LogP contribution in [0.25, 0.3) is 44.2 Å². The number of aromatic nitrogens is 4. The summed E-state index contributed by atoms with van der Waals surface area (Å²) in [6.45, 7) is 15.0. The maximum absolute atomic E-state index is 11.4. The number of nitrogens with zero attached hydrogens (tertiary/aromatic N) is 4. The quantitative estimate of drug-likeness (QED) is 0.142. The second-order valence-corrected chi connectivity index (χ2v) is 13.3. The van der Waals surface area contributed by atoms with E-state index in [2.05, 4.69) is 107 Å². The number of aromatic amines is 2. The summed E-state index contributed by atoms with van der Waals surface area (Å²) >= 11 is 0. The Morgan fingerprint density at radius 3 is 2.54 bits per heavy atom. The second kappa shape index (κ2) is 13.2. The molecule has 0 fully saturated rings. The van der Waals surface area contributed by atoms with E-state index in [0.717, 1.165) is 65.6 Å². The molecule has 2 radical (unpaired) electrons. The van der Waals surface area contributed by atoms with Gasteiger partial charge in [0.05, 0.1) is 50.4 Å². The number of benzene rings is 3. The molecule has 3 aromatic carbocycles. The van der Waals surface area contributed by atoms with Crippen LogP contribution in [-0.2, 0) is 30.7 Å². The molecule has 2 heterocycles. The molecule has 3 N–H and O–H groups in total. The Labute approximate surface area is 273 Å². The molecule has 1 amide bonds. The summed E-state index contributed by atoms with van der Waals surface area (Å²) in [5, 5.41) is 5.26. The Bertz CT molecular complexity index is 1900. The Morgan fingerprint density at radius 1 is 1.02 bits per heavy atom. The molecule has 1 atom stereocenters. The summed E-state index contributed by atoms with van der Waals surface area (Å²) in [5.74, 6) is 2.37. The van der Waals surface area contributed by atoms with Crippen LogP contribution >= 0.6 is 0 Å². The summed E-state index contributed by atoms with van der Waals surface area (Å²) in [5.41, 5.74) is 10.4. The summed E-state index contributed by atoms with van der Waals surface area (Å²) in [4.78, 5) is 32.7. The molecule has 0 saturated carbocycles. The van der Waals surface area contributed by atoms with Crippen molar-refractivity contribution in [3.8, 4) is 22.4 Å². The van der Waals surface area contributed by atoms with E-state index in [1.807, 2.05) is 6.20 Å². The molecule has 2 aromatic heterocycles. The van der Waals surface area contributed by atoms with Gasteiger partial charge in [0.1, 0.15) is 11.6 Å². The van der Waals surface area contributed by atoms with Crippen molar-refractivity contribution in [2.75, 3.05) is 20.1 Å². The predicted octanol–water partition coefficient (Wildman–Crippen LogP) is 6.39. The number of hydrogen-bond donors (Lipinski definition) is 3. The minimum Gasteiger partial charge on any atom is -0.364 e. The van der Waals surface area contributed by atoms with Gasteiger partial charge in [-0.1, -0.05) is 44.9 Å². The molecule has 8 nitrogen and oxygen atoms in total. The summed E-state index contributed by atoms with van der Waals surface area (Å²) in [7, 11) is 8.15. The fraction of sp³-hybridized carbons (Fsp3) is 0.378. The van der Waals surface area contributed by atoms with Gasteiger partial charge in [0.2, 0.25) is 5.91 Å². The Morgan fingerprint density at radius 2 is 1.80 bits per heavy atom. The van der Waals surface area contributed by atoms with Gasteiger partial charge in [0, 0.05) is 30.6 Å². The highest BCUT2D eigenvalue weighted by molar-refractivity contribution is 6.09. The van der Waals surface area contributed by atoms with E-state index in [1.54, 1.807) is 0 Å². The van der Waals surface area contributed by atoms with Crippen LogP contribution in [0.4, 0.5) is 0 Å². The van der Waals surface area contributed by atoms with Crippen molar-refractivity contribution >= 4 is 35.6 Å². The zero-order chi connectivity index (χ0) is 32.5. The molecule has 1 aliphatic carbocycles. The number of carbonyl (C=O) groups is 1. The van der Waals surface area contributed by atoms with Gasteiger partial charge in [-0.2, -0.15) is 0 Å². The Balaban J connectivity index is 1.24. The van der Waals surface area contributed by atoms with Crippen LogP contribution in [0.3, 0.4) is 0 Å². The number of carbonyl (C=O) groups excluding carboxylic acids is 1. The molecule has 0 aliphatic heterocycles. The van der Waals surface area contributed by atoms with E-state index in [4.69, 9.17) is 12.8 Å². The maximum Gasteiger partial charge on any atom is 0.217 e. The van der Waals surface area contributed by atoms with Crippen LogP contribution in [0.5, 0.6) is 0 Å². The molecule has 5 aromatic rings. The lowest BCUT2D eigenvalue weighted by molar-refractivity contribution is -0.118. The fourth-order valence-electron chi connectivity index (χ4n) is 6.70. The van der Waals surface area contributed by atoms with Gasteiger partial charge < -0.3 is 20.2 Å².